The predicted octanol–water partition coefficient (Wildman–Crippen LogP) is 3.32. The third-order valence-electron chi connectivity index (χ3n) is 5.23. The fourth-order valence-electron chi connectivity index (χ4n) is 3.80. The molecule has 0 saturated carbocycles. The molecule has 0 bridgehead atoms. The molecular weight excluding hydrogens is 434 g/mol. The van der Waals surface area contributed by atoms with Gasteiger partial charge >= 0.3 is 0 Å². The third-order valence-corrected chi connectivity index (χ3v) is 7.05. The smallest absolute Gasteiger partial charge is 0.272 e. The number of fused-ring (bicyclic) bond motifs is 3. The van der Waals surface area contributed by atoms with E-state index in [1.807, 2.05) is 47.0 Å². The number of thioether (sulfide) groups is 1. The van der Waals surface area contributed by atoms with Gasteiger partial charge in [0.15, 0.2) is 5.16 Å². The molecule has 1 fully saturated rings. The van der Waals surface area contributed by atoms with E-state index >= 15 is 0 Å². The van der Waals surface area contributed by atoms with Crippen LogP contribution in [0.2, 0.25) is 0 Å². The molecule has 160 valence electrons. The Morgan fingerprint density at radius 1 is 1.35 bits per heavy atom. The van der Waals surface area contributed by atoms with E-state index < -0.39 is 0 Å². The summed E-state index contributed by atoms with van der Waals surface area (Å²) >= 11 is 2.70. The fourth-order valence-corrected chi connectivity index (χ4v) is 5.36. The highest BCUT2D eigenvalue weighted by Crippen LogP contribution is 2.25. The van der Waals surface area contributed by atoms with Crippen LogP contribution in [0.15, 0.2) is 45.7 Å². The zero-order valence-electron chi connectivity index (χ0n) is 16.9. The number of hydrogen-bond donors (Lipinski definition) is 1. The zero-order valence-corrected chi connectivity index (χ0v) is 18.5. The van der Waals surface area contributed by atoms with Gasteiger partial charge in [0, 0.05) is 12.3 Å². The van der Waals surface area contributed by atoms with Crippen molar-refractivity contribution in [1.82, 2.24) is 19.2 Å². The number of nitrogens with zero attached hydrogens (tertiary/aromatic N) is 4. The normalized spacial score (nSPS) is 16.4. The first-order valence-electron chi connectivity index (χ1n) is 10.1. The Morgan fingerprint density at radius 3 is 3.06 bits per heavy atom. The van der Waals surface area contributed by atoms with Crippen molar-refractivity contribution in [1.29, 1.82) is 0 Å². The van der Waals surface area contributed by atoms with Crippen molar-refractivity contribution in [3.63, 3.8) is 0 Å². The number of ether oxygens (including phenoxy) is 1. The summed E-state index contributed by atoms with van der Waals surface area (Å²) in [5, 5.41) is 14.0. The maximum absolute atomic E-state index is 13.1. The van der Waals surface area contributed by atoms with Crippen LogP contribution in [0.25, 0.3) is 16.0 Å². The van der Waals surface area contributed by atoms with Gasteiger partial charge in [0.05, 0.1) is 23.9 Å². The molecule has 0 radical (unpaired) electrons. The van der Waals surface area contributed by atoms with E-state index in [-0.39, 0.29) is 23.3 Å². The molecule has 0 aliphatic carbocycles. The van der Waals surface area contributed by atoms with Gasteiger partial charge in [-0.25, -0.2) is 0 Å². The summed E-state index contributed by atoms with van der Waals surface area (Å²) in [4.78, 5) is 25.5. The van der Waals surface area contributed by atoms with Crippen LogP contribution in [-0.2, 0) is 16.1 Å². The number of nitrogens with one attached hydrogen (secondary N) is 1. The van der Waals surface area contributed by atoms with Crippen LogP contribution in [-0.4, -0.2) is 43.5 Å². The predicted molar refractivity (Wildman–Crippen MR) is 122 cm³/mol. The van der Waals surface area contributed by atoms with Gasteiger partial charge in [0.25, 0.3) is 5.56 Å². The van der Waals surface area contributed by atoms with Gasteiger partial charge < -0.3 is 10.1 Å². The number of rotatable bonds is 6. The first kappa shape index (κ1) is 20.2. The lowest BCUT2D eigenvalue weighted by molar-refractivity contribution is -0.113. The Balaban J connectivity index is 1.43. The molecule has 1 aliphatic rings. The lowest BCUT2D eigenvalue weighted by Gasteiger charge is -2.13. The van der Waals surface area contributed by atoms with E-state index in [1.165, 1.54) is 23.1 Å². The molecule has 3 aromatic heterocycles. The van der Waals surface area contributed by atoms with Crippen molar-refractivity contribution in [2.45, 2.75) is 37.6 Å². The van der Waals surface area contributed by atoms with E-state index in [1.54, 1.807) is 4.57 Å². The molecule has 4 heterocycles. The molecule has 1 N–H and O–H groups in total. The first-order valence-corrected chi connectivity index (χ1v) is 11.9. The summed E-state index contributed by atoms with van der Waals surface area (Å²) in [5.41, 5.74) is 2.54. The maximum Gasteiger partial charge on any atom is 0.272 e. The molecule has 31 heavy (non-hydrogen) atoms. The van der Waals surface area contributed by atoms with Crippen molar-refractivity contribution < 1.29 is 9.53 Å². The molecule has 8 nitrogen and oxygen atoms in total. The van der Waals surface area contributed by atoms with Crippen LogP contribution in [0.5, 0.6) is 0 Å². The number of thiophene rings is 1. The van der Waals surface area contributed by atoms with Crippen LogP contribution in [0.3, 0.4) is 0 Å². The Morgan fingerprint density at radius 2 is 2.26 bits per heavy atom. The molecule has 1 aromatic carbocycles. The maximum atomic E-state index is 13.1. The summed E-state index contributed by atoms with van der Waals surface area (Å²) in [6, 6.07) is 9.57. The Bertz CT molecular complexity index is 1320. The number of carbonyl (C=O) groups is 1. The minimum absolute atomic E-state index is 0.00632. The van der Waals surface area contributed by atoms with Gasteiger partial charge in [-0.15, -0.1) is 21.5 Å². The molecule has 1 aliphatic heterocycles. The van der Waals surface area contributed by atoms with E-state index in [0.717, 1.165) is 36.2 Å². The van der Waals surface area contributed by atoms with E-state index in [9.17, 15) is 9.59 Å². The average Bonchev–Trinajstić information content (AvgIpc) is 3.50. The van der Waals surface area contributed by atoms with E-state index in [4.69, 9.17) is 4.74 Å². The number of amides is 1. The van der Waals surface area contributed by atoms with Gasteiger partial charge in [0.2, 0.25) is 11.7 Å². The molecule has 1 saturated heterocycles. The Labute approximate surface area is 186 Å². The summed E-state index contributed by atoms with van der Waals surface area (Å²) in [6.45, 7) is 3.16. The molecular formula is C21H21N5O3S2. The van der Waals surface area contributed by atoms with Crippen molar-refractivity contribution in [3.05, 3.63) is 51.6 Å². The summed E-state index contributed by atoms with van der Waals surface area (Å²) in [7, 11) is 0. The number of hydrogen-bond acceptors (Lipinski definition) is 7. The van der Waals surface area contributed by atoms with Gasteiger partial charge in [0.1, 0.15) is 4.70 Å². The van der Waals surface area contributed by atoms with Crippen molar-refractivity contribution in [2.75, 3.05) is 17.7 Å². The molecule has 4 aromatic rings. The van der Waals surface area contributed by atoms with Crippen LogP contribution < -0.4 is 10.9 Å². The third kappa shape index (κ3) is 3.98. The van der Waals surface area contributed by atoms with Gasteiger partial charge in [-0.1, -0.05) is 23.9 Å². The van der Waals surface area contributed by atoms with Crippen LogP contribution >= 0.6 is 23.1 Å². The van der Waals surface area contributed by atoms with Crippen LogP contribution in [0.1, 0.15) is 18.4 Å². The van der Waals surface area contributed by atoms with Crippen molar-refractivity contribution in [3.8, 4) is 0 Å². The standard InChI is InChI=1S/C21H21N5O3S2/c1-13-4-2-5-14(10-13)22-17(27)12-31-21-24-23-20-25(11-15-6-3-8-29-15)19(28)18-16(26(20)21)7-9-30-18/h2,4-5,7,9-10,15H,3,6,8,11-12H2,1H3,(H,22,27)/t15-/m0/s1. The Hall–Kier alpha value is -2.69. The minimum atomic E-state index is -0.124. The van der Waals surface area contributed by atoms with Crippen LogP contribution in [0.4, 0.5) is 5.69 Å². The number of carbonyl (C=O) groups excluding carboxylic acids is 1. The topological polar surface area (TPSA) is 90.5 Å². The number of aromatic nitrogens is 4. The van der Waals surface area contributed by atoms with Gasteiger partial charge in [-0.2, -0.15) is 0 Å². The molecule has 5 rings (SSSR count). The minimum Gasteiger partial charge on any atom is -0.376 e. The average molecular weight is 456 g/mol. The van der Waals surface area contributed by atoms with E-state index in [0.29, 0.717) is 22.2 Å². The largest absolute Gasteiger partial charge is 0.376 e. The molecule has 0 unspecified atom stereocenters. The Kier molecular flexibility index (Phi) is 5.51. The monoisotopic (exact) mass is 455 g/mol. The van der Waals surface area contributed by atoms with Gasteiger partial charge in [-0.3, -0.25) is 18.6 Å². The zero-order chi connectivity index (χ0) is 21.4. The van der Waals surface area contributed by atoms with Crippen molar-refractivity contribution >= 4 is 50.7 Å². The number of benzene rings is 1. The highest BCUT2D eigenvalue weighted by Gasteiger charge is 2.22. The first-order chi connectivity index (χ1) is 15.1. The SMILES string of the molecule is Cc1cccc(NC(=O)CSc2nnc3n(C[C@@H]4CCCO4)c(=O)c4sccc4n23)c1. The lowest BCUT2D eigenvalue weighted by Crippen LogP contribution is -2.28. The lowest BCUT2D eigenvalue weighted by atomic mass is 10.2. The highest BCUT2D eigenvalue weighted by atomic mass is 32.2. The number of aryl methyl sites for hydroxylation is 1. The van der Waals surface area contributed by atoms with Crippen LogP contribution in [0, 0.1) is 6.92 Å². The second-order valence-corrected chi connectivity index (χ2v) is 9.37. The molecule has 10 heteroatoms. The summed E-state index contributed by atoms with van der Waals surface area (Å²) in [5.74, 6) is 0.542. The summed E-state index contributed by atoms with van der Waals surface area (Å²) in [6.07, 6.45) is 1.93. The van der Waals surface area contributed by atoms with Gasteiger partial charge in [-0.05, 0) is 48.9 Å². The summed E-state index contributed by atoms with van der Waals surface area (Å²) < 4.78 is 9.90. The van der Waals surface area contributed by atoms with E-state index in [2.05, 4.69) is 15.5 Å². The second kappa shape index (κ2) is 8.45. The molecule has 1 atom stereocenters. The second-order valence-electron chi connectivity index (χ2n) is 7.51. The molecule has 1 amide bonds. The molecule has 0 spiro atoms. The van der Waals surface area contributed by atoms with Crippen molar-refractivity contribution in [2.24, 2.45) is 0 Å². The number of anilines is 1. The fraction of sp³-hybridized carbons (Fsp3) is 0.333. The highest BCUT2D eigenvalue weighted by molar-refractivity contribution is 7.99. The quantitative estimate of drug-likeness (QED) is 0.449.